The van der Waals surface area contributed by atoms with Crippen LogP contribution in [0.3, 0.4) is 0 Å². The third kappa shape index (κ3) is 3.39. The lowest BCUT2D eigenvalue weighted by atomic mass is 10.0. The molecule has 0 spiro atoms. The Morgan fingerprint density at radius 2 is 1.75 bits per heavy atom. The normalized spacial score (nSPS) is 14.8. The van der Waals surface area contributed by atoms with Gasteiger partial charge in [0.05, 0.1) is 0 Å². The Bertz CT molecular complexity index is 563. The van der Waals surface area contributed by atoms with Crippen molar-refractivity contribution in [1.82, 2.24) is 0 Å². The van der Waals surface area contributed by atoms with Crippen molar-refractivity contribution in [1.29, 1.82) is 10.5 Å². The van der Waals surface area contributed by atoms with Crippen molar-refractivity contribution in [2.24, 2.45) is 0 Å². The quantitative estimate of drug-likeness (QED) is 0.764. The molecule has 1 heterocycles. The summed E-state index contributed by atoms with van der Waals surface area (Å²) in [5.41, 5.74) is 3.45. The first-order chi connectivity index (χ1) is 9.74. The lowest BCUT2D eigenvalue weighted by Crippen LogP contribution is -2.23. The van der Waals surface area contributed by atoms with Crippen molar-refractivity contribution >= 4 is 11.8 Å². The van der Waals surface area contributed by atoms with E-state index in [2.05, 4.69) is 17.0 Å². The molecule has 0 radical (unpaired) electrons. The van der Waals surface area contributed by atoms with Gasteiger partial charge in [0.25, 0.3) is 0 Å². The average molecular weight is 265 g/mol. The molecule has 2 rings (SSSR count). The van der Waals surface area contributed by atoms with Crippen LogP contribution in [0.1, 0.15) is 36.8 Å². The Morgan fingerprint density at radius 3 is 2.30 bits per heavy atom. The molecule has 20 heavy (non-hydrogen) atoms. The van der Waals surface area contributed by atoms with Gasteiger partial charge in [0.1, 0.15) is 17.7 Å². The molecule has 0 bridgehead atoms. The van der Waals surface area contributed by atoms with Gasteiger partial charge in [-0.25, -0.2) is 0 Å². The Balaban J connectivity index is 2.24. The molecule has 0 amide bonds. The molecule has 1 aliphatic heterocycles. The highest BCUT2D eigenvalue weighted by Crippen LogP contribution is 2.23. The minimum atomic E-state index is 0.149. The Morgan fingerprint density at radius 1 is 1.10 bits per heavy atom. The van der Waals surface area contributed by atoms with Crippen LogP contribution in [0.2, 0.25) is 0 Å². The summed E-state index contributed by atoms with van der Waals surface area (Å²) in [7, 11) is 0. The van der Waals surface area contributed by atoms with Gasteiger partial charge in [-0.15, -0.1) is 0 Å². The molecular weight excluding hydrogens is 246 g/mol. The van der Waals surface area contributed by atoms with E-state index in [0.29, 0.717) is 0 Å². The molecule has 3 heteroatoms. The average Bonchev–Trinajstić information content (AvgIpc) is 2.75. The van der Waals surface area contributed by atoms with Crippen LogP contribution in [0.4, 0.5) is 5.69 Å². The number of hydrogen-bond donors (Lipinski definition) is 0. The third-order valence-corrected chi connectivity index (χ3v) is 3.77. The predicted molar refractivity (Wildman–Crippen MR) is 81.1 cm³/mol. The Labute approximate surface area is 120 Å². The van der Waals surface area contributed by atoms with Gasteiger partial charge in [-0.3, -0.25) is 0 Å². The first-order valence-corrected chi connectivity index (χ1v) is 7.12. The summed E-state index contributed by atoms with van der Waals surface area (Å²) >= 11 is 0. The van der Waals surface area contributed by atoms with Crippen molar-refractivity contribution in [3.63, 3.8) is 0 Å². The van der Waals surface area contributed by atoms with Crippen LogP contribution in [0.15, 0.2) is 23.8 Å². The van der Waals surface area contributed by atoms with E-state index < -0.39 is 0 Å². The molecule has 102 valence electrons. The first kappa shape index (κ1) is 14.2. The fourth-order valence-electron chi connectivity index (χ4n) is 2.59. The van der Waals surface area contributed by atoms with Gasteiger partial charge < -0.3 is 4.90 Å². The smallest absolute Gasteiger partial charge is 0.130 e. The number of rotatable bonds is 2. The highest BCUT2D eigenvalue weighted by atomic mass is 15.1. The zero-order valence-corrected chi connectivity index (χ0v) is 11.9. The van der Waals surface area contributed by atoms with E-state index in [4.69, 9.17) is 10.5 Å². The molecule has 0 aromatic heterocycles. The summed E-state index contributed by atoms with van der Waals surface area (Å²) in [6.07, 6.45) is 6.82. The molecule has 0 aliphatic carbocycles. The van der Waals surface area contributed by atoms with Gasteiger partial charge in [0.2, 0.25) is 0 Å². The zero-order chi connectivity index (χ0) is 14.4. The van der Waals surface area contributed by atoms with E-state index >= 15 is 0 Å². The molecule has 1 saturated heterocycles. The molecule has 0 N–H and O–H groups in total. The zero-order valence-electron chi connectivity index (χ0n) is 11.9. The van der Waals surface area contributed by atoms with Crippen molar-refractivity contribution in [3.05, 3.63) is 34.9 Å². The monoisotopic (exact) mass is 265 g/mol. The van der Waals surface area contributed by atoms with Crippen molar-refractivity contribution < 1.29 is 0 Å². The van der Waals surface area contributed by atoms with Crippen molar-refractivity contribution in [2.75, 3.05) is 18.0 Å². The lowest BCUT2D eigenvalue weighted by molar-refractivity contribution is 0.726. The van der Waals surface area contributed by atoms with E-state index in [1.165, 1.54) is 31.4 Å². The van der Waals surface area contributed by atoms with Gasteiger partial charge in [-0.2, -0.15) is 10.5 Å². The highest BCUT2D eigenvalue weighted by molar-refractivity contribution is 5.66. The molecule has 3 nitrogen and oxygen atoms in total. The second kappa shape index (κ2) is 6.78. The van der Waals surface area contributed by atoms with E-state index in [-0.39, 0.29) is 5.57 Å². The Kier molecular flexibility index (Phi) is 4.80. The van der Waals surface area contributed by atoms with Gasteiger partial charge in [0, 0.05) is 18.8 Å². The number of benzene rings is 1. The molecule has 0 saturated carbocycles. The van der Waals surface area contributed by atoms with Crippen LogP contribution in [0, 0.1) is 29.6 Å². The van der Waals surface area contributed by atoms with Crippen LogP contribution >= 0.6 is 0 Å². The fourth-order valence-corrected chi connectivity index (χ4v) is 2.59. The number of hydrogen-bond acceptors (Lipinski definition) is 3. The number of aryl methyl sites for hydroxylation is 1. The largest absolute Gasteiger partial charge is 0.372 e. The molecule has 0 atom stereocenters. The molecule has 1 aromatic rings. The summed E-state index contributed by atoms with van der Waals surface area (Å²) in [4.78, 5) is 2.43. The van der Waals surface area contributed by atoms with Gasteiger partial charge in [-0.05, 0) is 49.1 Å². The minimum Gasteiger partial charge on any atom is -0.372 e. The van der Waals surface area contributed by atoms with Crippen LogP contribution in [0.25, 0.3) is 6.08 Å². The summed E-state index contributed by atoms with van der Waals surface area (Å²) in [6.45, 7) is 4.27. The van der Waals surface area contributed by atoms with Crippen LogP contribution in [0.5, 0.6) is 0 Å². The fraction of sp³-hybridized carbons (Fsp3) is 0.412. The van der Waals surface area contributed by atoms with E-state index in [1.807, 2.05) is 25.1 Å². The van der Waals surface area contributed by atoms with Crippen molar-refractivity contribution in [3.8, 4) is 12.1 Å². The molecule has 1 aliphatic rings. The summed E-state index contributed by atoms with van der Waals surface area (Å²) in [5, 5.41) is 17.6. The van der Waals surface area contributed by atoms with E-state index in [1.54, 1.807) is 6.08 Å². The molecule has 1 fully saturated rings. The summed E-state index contributed by atoms with van der Waals surface area (Å²) < 4.78 is 0. The topological polar surface area (TPSA) is 50.8 Å². The molecular formula is C17H19N3. The lowest BCUT2D eigenvalue weighted by Gasteiger charge is -2.23. The SMILES string of the molecule is Cc1cc(N2CCCCCC2)ccc1C=C(C#N)C#N. The number of allylic oxidation sites excluding steroid dienone is 1. The standard InChI is InChI=1S/C17H19N3/c1-14-10-17(20-8-4-2-3-5-9-20)7-6-16(14)11-15(12-18)13-19/h6-7,10-11H,2-5,8-9H2,1H3. The van der Waals surface area contributed by atoms with Crippen LogP contribution in [-0.2, 0) is 0 Å². The van der Waals surface area contributed by atoms with E-state index in [0.717, 1.165) is 24.2 Å². The highest BCUT2D eigenvalue weighted by Gasteiger charge is 2.10. The minimum absolute atomic E-state index is 0.149. The number of anilines is 1. The maximum Gasteiger partial charge on any atom is 0.130 e. The summed E-state index contributed by atoms with van der Waals surface area (Å²) in [5.74, 6) is 0. The summed E-state index contributed by atoms with van der Waals surface area (Å²) in [6, 6.07) is 10.1. The Hall–Kier alpha value is -2.26. The maximum absolute atomic E-state index is 8.82. The van der Waals surface area contributed by atoms with E-state index in [9.17, 15) is 0 Å². The maximum atomic E-state index is 8.82. The van der Waals surface area contributed by atoms with Crippen molar-refractivity contribution in [2.45, 2.75) is 32.6 Å². The van der Waals surface area contributed by atoms with Crippen LogP contribution in [-0.4, -0.2) is 13.1 Å². The number of nitrogens with zero attached hydrogens (tertiary/aromatic N) is 3. The number of nitriles is 2. The second-order valence-electron chi connectivity index (χ2n) is 5.22. The van der Waals surface area contributed by atoms with Gasteiger partial charge in [-0.1, -0.05) is 18.9 Å². The molecule has 0 unspecified atom stereocenters. The molecule has 1 aromatic carbocycles. The van der Waals surface area contributed by atoms with Crippen LogP contribution < -0.4 is 4.90 Å². The second-order valence-corrected chi connectivity index (χ2v) is 5.22. The van der Waals surface area contributed by atoms with Gasteiger partial charge >= 0.3 is 0 Å². The van der Waals surface area contributed by atoms with Gasteiger partial charge in [0.15, 0.2) is 0 Å². The third-order valence-electron chi connectivity index (χ3n) is 3.77. The predicted octanol–water partition coefficient (Wildman–Crippen LogP) is 3.81. The first-order valence-electron chi connectivity index (χ1n) is 7.12.